The third-order valence-electron chi connectivity index (χ3n) is 5.78. The number of amides is 1. The Balaban J connectivity index is 1.56. The molecule has 2 aliphatic rings. The van der Waals surface area contributed by atoms with Crippen molar-refractivity contribution >= 4 is 28.6 Å². The smallest absolute Gasteiger partial charge is 0.262 e. The molecule has 4 rings (SSSR count). The van der Waals surface area contributed by atoms with E-state index in [1.165, 1.54) is 31.0 Å². The van der Waals surface area contributed by atoms with Gasteiger partial charge in [0.2, 0.25) is 5.91 Å². The first-order valence-corrected chi connectivity index (χ1v) is 10.9. The van der Waals surface area contributed by atoms with Crippen molar-refractivity contribution in [2.24, 2.45) is 5.92 Å². The maximum absolute atomic E-state index is 13.0. The van der Waals surface area contributed by atoms with Gasteiger partial charge in [0.15, 0.2) is 5.16 Å². The highest BCUT2D eigenvalue weighted by Gasteiger charge is 2.31. The standard InChI is InChI=1S/C21H27N3O2S/c1-13-7-3-5-9-17(13)22-19(25)14(2)27-21-23-18-10-6-4-8-16(18)20(26)24(21)15-11-12-15/h4,6,8,10,13-15,17H,3,5,7,9,11-12H2,1-2H3,(H,22,25)/t13-,14+,17-/m0/s1. The fraction of sp³-hybridized carbons (Fsp3) is 0.571. The van der Waals surface area contributed by atoms with Gasteiger partial charge in [-0.05, 0) is 50.7 Å². The van der Waals surface area contributed by atoms with Crippen molar-refractivity contribution in [2.45, 2.75) is 74.9 Å². The highest BCUT2D eigenvalue weighted by atomic mass is 32.2. The zero-order chi connectivity index (χ0) is 19.0. The summed E-state index contributed by atoms with van der Waals surface area (Å²) in [6, 6.07) is 7.96. The molecular formula is C21H27N3O2S. The molecule has 27 heavy (non-hydrogen) atoms. The summed E-state index contributed by atoms with van der Waals surface area (Å²) in [5.41, 5.74) is 0.717. The van der Waals surface area contributed by atoms with Gasteiger partial charge in [-0.15, -0.1) is 0 Å². The summed E-state index contributed by atoms with van der Waals surface area (Å²) >= 11 is 1.41. The van der Waals surface area contributed by atoms with E-state index in [9.17, 15) is 9.59 Å². The van der Waals surface area contributed by atoms with Crippen molar-refractivity contribution in [1.82, 2.24) is 14.9 Å². The van der Waals surface area contributed by atoms with Crippen LogP contribution in [0.1, 0.15) is 58.4 Å². The number of para-hydroxylation sites is 1. The molecule has 1 N–H and O–H groups in total. The summed E-state index contributed by atoms with van der Waals surface area (Å²) in [4.78, 5) is 30.4. The molecule has 2 fully saturated rings. The fourth-order valence-corrected chi connectivity index (χ4v) is 4.89. The predicted octanol–water partition coefficient (Wildman–Crippen LogP) is 3.91. The van der Waals surface area contributed by atoms with Crippen molar-refractivity contribution in [3.63, 3.8) is 0 Å². The molecule has 0 saturated heterocycles. The third kappa shape index (κ3) is 3.91. The zero-order valence-corrected chi connectivity index (χ0v) is 16.8. The average Bonchev–Trinajstić information content (AvgIpc) is 3.48. The predicted molar refractivity (Wildman–Crippen MR) is 109 cm³/mol. The molecule has 1 aromatic heterocycles. The first-order valence-electron chi connectivity index (χ1n) is 10.0. The van der Waals surface area contributed by atoms with Gasteiger partial charge >= 0.3 is 0 Å². The summed E-state index contributed by atoms with van der Waals surface area (Å²) in [6.07, 6.45) is 6.70. The Morgan fingerprint density at radius 3 is 2.70 bits per heavy atom. The molecular weight excluding hydrogens is 358 g/mol. The Bertz CT molecular complexity index is 906. The third-order valence-corrected chi connectivity index (χ3v) is 6.84. The molecule has 3 atom stereocenters. The van der Waals surface area contributed by atoms with Crippen molar-refractivity contribution in [3.05, 3.63) is 34.6 Å². The Kier molecular flexibility index (Phi) is 5.26. The van der Waals surface area contributed by atoms with Gasteiger partial charge in [-0.3, -0.25) is 14.2 Å². The lowest BCUT2D eigenvalue weighted by Gasteiger charge is -2.30. The monoisotopic (exact) mass is 385 g/mol. The van der Waals surface area contributed by atoms with E-state index in [0.717, 1.165) is 19.3 Å². The number of aromatic nitrogens is 2. The molecule has 2 aromatic rings. The molecule has 2 aliphatic carbocycles. The molecule has 0 unspecified atom stereocenters. The summed E-state index contributed by atoms with van der Waals surface area (Å²) in [5.74, 6) is 0.576. The number of nitrogens with one attached hydrogen (secondary N) is 1. The van der Waals surface area contributed by atoms with Crippen molar-refractivity contribution in [2.75, 3.05) is 0 Å². The minimum atomic E-state index is -0.280. The van der Waals surface area contributed by atoms with Crippen LogP contribution in [0.15, 0.2) is 34.2 Å². The number of carbonyl (C=O) groups excluding carboxylic acids is 1. The van der Waals surface area contributed by atoms with Crippen LogP contribution in [0.3, 0.4) is 0 Å². The lowest BCUT2D eigenvalue weighted by molar-refractivity contribution is -0.121. The Hall–Kier alpha value is -1.82. The SMILES string of the molecule is C[C@@H](Sc1nc2ccccc2c(=O)n1C1CC1)C(=O)N[C@H]1CCCC[C@@H]1C. The fourth-order valence-electron chi connectivity index (χ4n) is 3.91. The maximum Gasteiger partial charge on any atom is 0.262 e. The van der Waals surface area contributed by atoms with Crippen LogP contribution < -0.4 is 10.9 Å². The van der Waals surface area contributed by atoms with Crippen LogP contribution in [-0.4, -0.2) is 26.8 Å². The summed E-state index contributed by atoms with van der Waals surface area (Å²) in [5, 5.41) is 4.27. The van der Waals surface area contributed by atoms with Crippen molar-refractivity contribution in [3.8, 4) is 0 Å². The van der Waals surface area contributed by atoms with Crippen LogP contribution >= 0.6 is 11.8 Å². The topological polar surface area (TPSA) is 64.0 Å². The lowest BCUT2D eigenvalue weighted by atomic mass is 9.86. The second-order valence-electron chi connectivity index (χ2n) is 7.95. The van der Waals surface area contributed by atoms with E-state index < -0.39 is 0 Å². The molecule has 0 bridgehead atoms. The van der Waals surface area contributed by atoms with E-state index in [1.54, 1.807) is 4.57 Å². The van der Waals surface area contributed by atoms with Crippen LogP contribution in [-0.2, 0) is 4.79 Å². The second kappa shape index (κ2) is 7.66. The quantitative estimate of drug-likeness (QED) is 0.626. The van der Waals surface area contributed by atoms with Gasteiger partial charge in [0.05, 0.1) is 16.2 Å². The number of hydrogen-bond donors (Lipinski definition) is 1. The minimum Gasteiger partial charge on any atom is -0.352 e. The summed E-state index contributed by atoms with van der Waals surface area (Å²) in [7, 11) is 0. The first-order chi connectivity index (χ1) is 13.0. The normalized spacial score (nSPS) is 23.9. The van der Waals surface area contributed by atoms with Gasteiger partial charge in [-0.25, -0.2) is 4.98 Å². The minimum absolute atomic E-state index is 0.0131. The number of nitrogens with zero attached hydrogens (tertiary/aromatic N) is 2. The molecule has 5 nitrogen and oxygen atoms in total. The van der Waals surface area contributed by atoms with Gasteiger partial charge in [0.25, 0.3) is 5.56 Å². The van der Waals surface area contributed by atoms with E-state index in [-0.39, 0.29) is 28.8 Å². The Morgan fingerprint density at radius 1 is 1.22 bits per heavy atom. The highest BCUT2D eigenvalue weighted by Crippen LogP contribution is 2.37. The number of rotatable bonds is 5. The number of hydrogen-bond acceptors (Lipinski definition) is 4. The molecule has 0 spiro atoms. The van der Waals surface area contributed by atoms with Crippen LogP contribution in [0, 0.1) is 5.92 Å². The van der Waals surface area contributed by atoms with E-state index in [4.69, 9.17) is 4.98 Å². The van der Waals surface area contributed by atoms with E-state index in [0.29, 0.717) is 22.0 Å². The number of thioether (sulfide) groups is 1. The molecule has 1 aromatic carbocycles. The summed E-state index contributed by atoms with van der Waals surface area (Å²) < 4.78 is 1.81. The lowest BCUT2D eigenvalue weighted by Crippen LogP contribution is -2.44. The van der Waals surface area contributed by atoms with Gasteiger partial charge in [-0.1, -0.05) is 43.7 Å². The average molecular weight is 386 g/mol. The Morgan fingerprint density at radius 2 is 1.96 bits per heavy atom. The van der Waals surface area contributed by atoms with E-state index in [2.05, 4.69) is 12.2 Å². The number of fused-ring (bicyclic) bond motifs is 1. The van der Waals surface area contributed by atoms with Crippen LogP contribution in [0.25, 0.3) is 10.9 Å². The van der Waals surface area contributed by atoms with Crippen LogP contribution in [0.5, 0.6) is 0 Å². The largest absolute Gasteiger partial charge is 0.352 e. The molecule has 0 radical (unpaired) electrons. The molecule has 0 aliphatic heterocycles. The molecule has 6 heteroatoms. The second-order valence-corrected chi connectivity index (χ2v) is 9.26. The summed E-state index contributed by atoms with van der Waals surface area (Å²) in [6.45, 7) is 4.13. The maximum atomic E-state index is 13.0. The van der Waals surface area contributed by atoms with Gasteiger partial charge < -0.3 is 5.32 Å². The van der Waals surface area contributed by atoms with Crippen molar-refractivity contribution in [1.29, 1.82) is 0 Å². The zero-order valence-electron chi connectivity index (χ0n) is 16.0. The number of carbonyl (C=O) groups is 1. The molecule has 1 amide bonds. The molecule has 2 saturated carbocycles. The number of benzene rings is 1. The van der Waals surface area contributed by atoms with Crippen LogP contribution in [0.4, 0.5) is 0 Å². The Labute approximate surface area is 163 Å². The highest BCUT2D eigenvalue weighted by molar-refractivity contribution is 8.00. The van der Waals surface area contributed by atoms with Crippen LogP contribution in [0.2, 0.25) is 0 Å². The van der Waals surface area contributed by atoms with E-state index >= 15 is 0 Å². The van der Waals surface area contributed by atoms with Gasteiger partial charge in [-0.2, -0.15) is 0 Å². The molecule has 144 valence electrons. The molecule has 1 heterocycles. The van der Waals surface area contributed by atoms with Gasteiger partial charge in [0, 0.05) is 12.1 Å². The van der Waals surface area contributed by atoms with E-state index in [1.807, 2.05) is 31.2 Å². The van der Waals surface area contributed by atoms with Crippen molar-refractivity contribution < 1.29 is 4.79 Å². The first kappa shape index (κ1) is 18.5. The van der Waals surface area contributed by atoms with Gasteiger partial charge in [0.1, 0.15) is 0 Å².